The van der Waals surface area contributed by atoms with Crippen molar-refractivity contribution in [3.8, 4) is 11.1 Å². The lowest BCUT2D eigenvalue weighted by atomic mass is 10.0. The van der Waals surface area contributed by atoms with E-state index in [1.165, 1.54) is 0 Å². The maximum atomic E-state index is 12.9. The molecule has 1 aliphatic rings. The van der Waals surface area contributed by atoms with Gasteiger partial charge in [0.05, 0.1) is 5.56 Å². The third-order valence-electron chi connectivity index (χ3n) is 5.84. The summed E-state index contributed by atoms with van der Waals surface area (Å²) >= 11 is 6.05. The molecule has 0 radical (unpaired) electrons. The van der Waals surface area contributed by atoms with Gasteiger partial charge in [-0.25, -0.2) is 9.59 Å². The molecule has 1 atom stereocenters. The number of aryl methyl sites for hydroxylation is 1. The van der Waals surface area contributed by atoms with Crippen LogP contribution in [-0.4, -0.2) is 40.5 Å². The molecule has 1 fully saturated rings. The van der Waals surface area contributed by atoms with Crippen LogP contribution in [0.1, 0.15) is 28.8 Å². The summed E-state index contributed by atoms with van der Waals surface area (Å²) in [6.07, 6.45) is 1.34. The summed E-state index contributed by atoms with van der Waals surface area (Å²) in [5, 5.41) is 15.4. The number of urea groups is 1. The summed E-state index contributed by atoms with van der Waals surface area (Å²) < 4.78 is 0. The Labute approximate surface area is 202 Å². The maximum Gasteiger partial charge on any atom is 0.335 e. The molecule has 0 unspecified atom stereocenters. The van der Waals surface area contributed by atoms with E-state index in [9.17, 15) is 14.4 Å². The van der Waals surface area contributed by atoms with E-state index < -0.39 is 12.0 Å². The Kier molecular flexibility index (Phi) is 6.84. The predicted octanol–water partition coefficient (Wildman–Crippen LogP) is 5.65. The Hall–Kier alpha value is -3.84. The van der Waals surface area contributed by atoms with Crippen molar-refractivity contribution in [1.82, 2.24) is 4.90 Å². The topological polar surface area (TPSA) is 98.7 Å². The number of aromatic carboxylic acids is 1. The fraction of sp³-hybridized carbons (Fsp3) is 0.192. The lowest BCUT2D eigenvalue weighted by Gasteiger charge is -2.24. The molecule has 4 rings (SSSR count). The number of hydrogen-bond acceptors (Lipinski definition) is 3. The molecule has 3 aromatic rings. The van der Waals surface area contributed by atoms with Gasteiger partial charge in [-0.3, -0.25) is 4.79 Å². The van der Waals surface area contributed by atoms with Gasteiger partial charge >= 0.3 is 12.0 Å². The van der Waals surface area contributed by atoms with Crippen molar-refractivity contribution in [3.05, 3.63) is 82.9 Å². The van der Waals surface area contributed by atoms with Crippen LogP contribution in [0.15, 0.2) is 66.7 Å². The zero-order valence-corrected chi connectivity index (χ0v) is 19.3. The Morgan fingerprint density at radius 2 is 1.53 bits per heavy atom. The van der Waals surface area contributed by atoms with Crippen molar-refractivity contribution < 1.29 is 19.5 Å². The number of nitrogens with one attached hydrogen (secondary N) is 2. The first-order chi connectivity index (χ1) is 16.3. The molecular formula is C26H24ClN3O4. The normalized spacial score (nSPS) is 15.1. The SMILES string of the molecule is Cc1cc(NC(=O)N2CCC[C@@H]2C(=O)Nc2ccc(-c3ccc(C(=O)O)cc3)cc2)ccc1Cl. The summed E-state index contributed by atoms with van der Waals surface area (Å²) in [5.41, 5.74) is 4.11. The second-order valence-corrected chi connectivity index (χ2v) is 8.60. The maximum absolute atomic E-state index is 12.9. The Morgan fingerprint density at radius 3 is 2.15 bits per heavy atom. The standard InChI is InChI=1S/C26H24ClN3O4/c1-16-15-21(12-13-22(16)27)29-26(34)30-14-2-3-23(30)24(31)28-20-10-8-18(9-11-20)17-4-6-19(7-5-17)25(32)33/h4-13,15,23H,2-3,14H2,1H3,(H,28,31)(H,29,34)(H,32,33)/t23-/m1/s1. The monoisotopic (exact) mass is 477 g/mol. The molecule has 34 heavy (non-hydrogen) atoms. The highest BCUT2D eigenvalue weighted by Gasteiger charge is 2.34. The predicted molar refractivity (Wildman–Crippen MR) is 132 cm³/mol. The van der Waals surface area contributed by atoms with Crippen molar-refractivity contribution in [2.45, 2.75) is 25.8 Å². The van der Waals surface area contributed by atoms with Gasteiger partial charge in [0.1, 0.15) is 6.04 Å². The number of benzene rings is 3. The summed E-state index contributed by atoms with van der Waals surface area (Å²) in [4.78, 5) is 38.3. The number of anilines is 2. The summed E-state index contributed by atoms with van der Waals surface area (Å²) in [5.74, 6) is -1.21. The Balaban J connectivity index is 1.39. The van der Waals surface area contributed by atoms with Gasteiger partial charge in [0, 0.05) is 22.9 Å². The number of rotatable bonds is 5. The van der Waals surface area contributed by atoms with Crippen molar-refractivity contribution in [3.63, 3.8) is 0 Å². The van der Waals surface area contributed by atoms with Gasteiger partial charge in [-0.1, -0.05) is 35.9 Å². The molecule has 8 heteroatoms. The first kappa shape index (κ1) is 23.3. The van der Waals surface area contributed by atoms with Crippen LogP contribution < -0.4 is 10.6 Å². The fourth-order valence-corrected chi connectivity index (χ4v) is 4.09. The minimum Gasteiger partial charge on any atom is -0.478 e. The largest absolute Gasteiger partial charge is 0.478 e. The van der Waals surface area contributed by atoms with Crippen LogP contribution in [0.5, 0.6) is 0 Å². The Morgan fingerprint density at radius 1 is 0.912 bits per heavy atom. The minimum absolute atomic E-state index is 0.226. The highest BCUT2D eigenvalue weighted by molar-refractivity contribution is 6.31. The van der Waals surface area contributed by atoms with E-state index in [4.69, 9.17) is 16.7 Å². The van der Waals surface area contributed by atoms with Gasteiger partial charge in [-0.2, -0.15) is 0 Å². The zero-order chi connectivity index (χ0) is 24.2. The zero-order valence-electron chi connectivity index (χ0n) is 18.5. The molecule has 1 aliphatic heterocycles. The molecule has 0 saturated carbocycles. The highest BCUT2D eigenvalue weighted by Crippen LogP contribution is 2.25. The first-order valence-corrected chi connectivity index (χ1v) is 11.3. The summed E-state index contributed by atoms with van der Waals surface area (Å²) in [6.45, 7) is 2.36. The van der Waals surface area contributed by atoms with Gasteiger partial charge in [0.2, 0.25) is 5.91 Å². The number of amides is 3. The summed E-state index contributed by atoms with van der Waals surface area (Å²) in [6, 6.07) is 18.3. The molecule has 0 aromatic heterocycles. The van der Waals surface area contributed by atoms with E-state index in [2.05, 4.69) is 10.6 Å². The van der Waals surface area contributed by atoms with Crippen molar-refractivity contribution in [2.75, 3.05) is 17.2 Å². The number of carbonyl (C=O) groups excluding carboxylic acids is 2. The van der Waals surface area contributed by atoms with E-state index in [0.29, 0.717) is 29.4 Å². The fourth-order valence-electron chi connectivity index (χ4n) is 3.98. The van der Waals surface area contributed by atoms with Crippen molar-refractivity contribution in [2.24, 2.45) is 0 Å². The molecule has 3 amide bonds. The quantitative estimate of drug-likeness (QED) is 0.442. The van der Waals surface area contributed by atoms with Crippen molar-refractivity contribution >= 4 is 40.9 Å². The summed E-state index contributed by atoms with van der Waals surface area (Å²) in [7, 11) is 0. The number of halogens is 1. The van der Waals surface area contributed by atoms with Crippen LogP contribution in [0.4, 0.5) is 16.2 Å². The van der Waals surface area contributed by atoms with Crippen LogP contribution in [-0.2, 0) is 4.79 Å². The van der Waals surface area contributed by atoms with Gasteiger partial charge in [-0.15, -0.1) is 0 Å². The lowest BCUT2D eigenvalue weighted by molar-refractivity contribution is -0.119. The van der Waals surface area contributed by atoms with Gasteiger partial charge < -0.3 is 20.6 Å². The van der Waals surface area contributed by atoms with Crippen LogP contribution >= 0.6 is 11.6 Å². The number of nitrogens with zero attached hydrogens (tertiary/aromatic N) is 1. The molecule has 3 N–H and O–H groups in total. The molecule has 0 spiro atoms. The first-order valence-electron chi connectivity index (χ1n) is 10.9. The molecule has 7 nitrogen and oxygen atoms in total. The van der Waals surface area contributed by atoms with E-state index in [0.717, 1.165) is 23.1 Å². The second kappa shape index (κ2) is 9.97. The number of carbonyl (C=O) groups is 3. The molecule has 0 aliphatic carbocycles. The van der Waals surface area contributed by atoms with E-state index in [1.54, 1.807) is 59.5 Å². The third-order valence-corrected chi connectivity index (χ3v) is 6.27. The van der Waals surface area contributed by atoms with Gasteiger partial charge in [0.15, 0.2) is 0 Å². The average Bonchev–Trinajstić information content (AvgIpc) is 3.32. The lowest BCUT2D eigenvalue weighted by Crippen LogP contribution is -2.45. The minimum atomic E-state index is -0.970. The van der Waals surface area contributed by atoms with Crippen molar-refractivity contribution in [1.29, 1.82) is 0 Å². The van der Waals surface area contributed by atoms with Crippen LogP contribution in [0.3, 0.4) is 0 Å². The molecule has 1 saturated heterocycles. The number of carboxylic acids is 1. The van der Waals surface area contributed by atoms with E-state index in [-0.39, 0.29) is 17.5 Å². The smallest absolute Gasteiger partial charge is 0.335 e. The van der Waals surface area contributed by atoms with Crippen LogP contribution in [0.25, 0.3) is 11.1 Å². The molecular weight excluding hydrogens is 454 g/mol. The molecule has 3 aromatic carbocycles. The molecule has 174 valence electrons. The number of carboxylic acid groups (broad SMARTS) is 1. The molecule has 0 bridgehead atoms. The second-order valence-electron chi connectivity index (χ2n) is 8.19. The van der Waals surface area contributed by atoms with Crippen LogP contribution in [0.2, 0.25) is 5.02 Å². The molecule has 1 heterocycles. The third kappa shape index (κ3) is 5.21. The number of likely N-dealkylation sites (tertiary alicyclic amines) is 1. The van der Waals surface area contributed by atoms with Gasteiger partial charge in [0.25, 0.3) is 0 Å². The Bertz CT molecular complexity index is 1230. The van der Waals surface area contributed by atoms with Crippen LogP contribution in [0, 0.1) is 6.92 Å². The number of hydrogen-bond donors (Lipinski definition) is 3. The van der Waals surface area contributed by atoms with E-state index in [1.807, 2.05) is 19.1 Å². The van der Waals surface area contributed by atoms with E-state index >= 15 is 0 Å². The van der Waals surface area contributed by atoms with Gasteiger partial charge in [-0.05, 0) is 78.9 Å². The highest BCUT2D eigenvalue weighted by atomic mass is 35.5. The average molecular weight is 478 g/mol.